The number of pyridine rings is 1. The minimum Gasteiger partial charge on any atom is -0.480 e. The zero-order chi connectivity index (χ0) is 32.3. The highest BCUT2D eigenvalue weighted by Crippen LogP contribution is 2.54. The van der Waals surface area contributed by atoms with Gasteiger partial charge in [0.1, 0.15) is 17.5 Å². The highest BCUT2D eigenvalue weighted by atomic mass is 19.4. The number of benzene rings is 1. The predicted octanol–water partition coefficient (Wildman–Crippen LogP) is 5.24. The molecule has 46 heavy (non-hydrogen) atoms. The third-order valence-corrected chi connectivity index (χ3v) is 10.3. The standard InChI is InChI=1S/C33H34F4N4O5/c1-45-32-23(10-16(14-38-32)28-22-12-18(42)13-26(22)46-41-28)30(43)40-29-20-7-6-19(21(20)9-15-3-2-4-15)27(29)31(44)39-17-5-8-25(34)24(11-17)33(35,36)37/h5,8-11,14-15,18-20,22,26-27,29,42H,2-4,6-7,12-13H2,1H3,(H,39,44)(H,40,43)/b21-9-/t18?,19-,20+,22?,26?,27-,29+/m0/s1. The maximum Gasteiger partial charge on any atom is 0.419 e. The third kappa shape index (κ3) is 5.41. The summed E-state index contributed by atoms with van der Waals surface area (Å²) in [6, 6.07) is 3.33. The van der Waals surface area contributed by atoms with Gasteiger partial charge in [-0.1, -0.05) is 23.2 Å². The van der Waals surface area contributed by atoms with Crippen LogP contribution in [0.2, 0.25) is 0 Å². The Kier molecular flexibility index (Phi) is 7.77. The molecule has 4 saturated carbocycles. The first kappa shape index (κ1) is 30.6. The van der Waals surface area contributed by atoms with Crippen molar-refractivity contribution in [3.05, 3.63) is 64.6 Å². The van der Waals surface area contributed by atoms with Crippen LogP contribution in [0.15, 0.2) is 47.3 Å². The van der Waals surface area contributed by atoms with Gasteiger partial charge in [0.25, 0.3) is 5.91 Å². The summed E-state index contributed by atoms with van der Waals surface area (Å²) in [7, 11) is 1.39. The molecule has 0 radical (unpaired) electrons. The SMILES string of the molecule is COc1ncc(C2=NOC3CC(O)CC23)cc1C(=O)N[C@H]1[C@@H](C(=O)Nc2ccc(F)c(C(F)(F)F)c2)[C@H]2CC[C@@H]1/C2=C\C1CCC1. The van der Waals surface area contributed by atoms with Gasteiger partial charge in [-0.25, -0.2) is 9.37 Å². The van der Waals surface area contributed by atoms with Crippen LogP contribution in [0.25, 0.3) is 0 Å². The molecular formula is C33H34F4N4O5. The lowest BCUT2D eigenvalue weighted by atomic mass is 9.82. The summed E-state index contributed by atoms with van der Waals surface area (Å²) in [6.45, 7) is 0. The van der Waals surface area contributed by atoms with Crippen molar-refractivity contribution in [3.8, 4) is 5.88 Å². The lowest BCUT2D eigenvalue weighted by Crippen LogP contribution is -2.48. The number of alkyl halides is 3. The average molecular weight is 643 g/mol. The summed E-state index contributed by atoms with van der Waals surface area (Å²) in [5, 5.41) is 20.0. The number of methoxy groups -OCH3 is 1. The molecule has 244 valence electrons. The third-order valence-electron chi connectivity index (χ3n) is 10.3. The molecule has 4 fully saturated rings. The minimum atomic E-state index is -4.93. The predicted molar refractivity (Wildman–Crippen MR) is 157 cm³/mol. The topological polar surface area (TPSA) is 122 Å². The smallest absolute Gasteiger partial charge is 0.419 e. The summed E-state index contributed by atoms with van der Waals surface area (Å²) < 4.78 is 59.5. The molecule has 1 aromatic carbocycles. The molecule has 2 aromatic rings. The number of ether oxygens (including phenoxy) is 1. The van der Waals surface area contributed by atoms with Crippen molar-refractivity contribution in [1.82, 2.24) is 10.3 Å². The molecule has 7 rings (SSSR count). The summed E-state index contributed by atoms with van der Waals surface area (Å²) in [6.07, 6.45) is 3.72. The molecule has 0 spiro atoms. The number of amides is 2. The van der Waals surface area contributed by atoms with Crippen LogP contribution < -0.4 is 15.4 Å². The lowest BCUT2D eigenvalue weighted by molar-refractivity contribution is -0.140. The maximum atomic E-state index is 14.0. The number of aliphatic hydroxyl groups is 1. The van der Waals surface area contributed by atoms with Gasteiger partial charge in [-0.15, -0.1) is 0 Å². The first-order valence-corrected chi connectivity index (χ1v) is 15.7. The molecule has 0 saturated heterocycles. The van der Waals surface area contributed by atoms with Crippen LogP contribution in [0.5, 0.6) is 5.88 Å². The molecule has 7 atom stereocenters. The van der Waals surface area contributed by atoms with Crippen LogP contribution in [-0.4, -0.2) is 53.0 Å². The van der Waals surface area contributed by atoms with Gasteiger partial charge in [0.2, 0.25) is 11.8 Å². The van der Waals surface area contributed by atoms with E-state index >= 15 is 0 Å². The molecular weight excluding hydrogens is 608 g/mol. The number of rotatable bonds is 7. The number of carbonyl (C=O) groups is 2. The second-order valence-electron chi connectivity index (χ2n) is 13.0. The van der Waals surface area contributed by atoms with Crippen LogP contribution in [-0.2, 0) is 15.8 Å². The first-order chi connectivity index (χ1) is 22.0. The molecule has 1 aromatic heterocycles. The number of hydrogen-bond acceptors (Lipinski definition) is 7. The Labute approximate surface area is 262 Å². The number of aliphatic hydroxyl groups excluding tert-OH is 1. The second-order valence-corrected chi connectivity index (χ2v) is 13.0. The van der Waals surface area contributed by atoms with Crippen molar-refractivity contribution in [2.24, 2.45) is 34.7 Å². The maximum absolute atomic E-state index is 14.0. The van der Waals surface area contributed by atoms with Gasteiger partial charge in [0, 0.05) is 41.7 Å². The fourth-order valence-corrected chi connectivity index (χ4v) is 7.93. The fraction of sp³-hybridized carbons (Fsp3) is 0.515. The Morgan fingerprint density at radius 3 is 2.59 bits per heavy atom. The van der Waals surface area contributed by atoms with Crippen LogP contribution in [0.4, 0.5) is 23.2 Å². The fourth-order valence-electron chi connectivity index (χ4n) is 7.93. The van der Waals surface area contributed by atoms with E-state index in [4.69, 9.17) is 9.57 Å². The Balaban J connectivity index is 1.17. The summed E-state index contributed by atoms with van der Waals surface area (Å²) in [5.41, 5.74) is 0.730. The molecule has 3 unspecified atom stereocenters. The van der Waals surface area contributed by atoms with Crippen molar-refractivity contribution in [1.29, 1.82) is 0 Å². The Morgan fingerprint density at radius 2 is 1.87 bits per heavy atom. The number of aromatic nitrogens is 1. The number of carbonyl (C=O) groups excluding carboxylic acids is 2. The number of allylic oxidation sites excluding steroid dienone is 1. The van der Waals surface area contributed by atoms with Gasteiger partial charge < -0.3 is 25.3 Å². The molecule has 3 N–H and O–H groups in total. The molecule has 9 nitrogen and oxygen atoms in total. The molecule has 5 aliphatic rings. The van der Waals surface area contributed by atoms with Gasteiger partial charge in [0.15, 0.2) is 0 Å². The van der Waals surface area contributed by atoms with E-state index in [9.17, 15) is 32.3 Å². The Hall–Kier alpha value is -4.00. The largest absolute Gasteiger partial charge is 0.480 e. The van der Waals surface area contributed by atoms with Crippen LogP contribution in [0, 0.1) is 35.4 Å². The molecule has 1 aliphatic heterocycles. The van der Waals surface area contributed by atoms with Gasteiger partial charge >= 0.3 is 6.18 Å². The van der Waals surface area contributed by atoms with Crippen molar-refractivity contribution in [3.63, 3.8) is 0 Å². The first-order valence-electron chi connectivity index (χ1n) is 15.7. The van der Waals surface area contributed by atoms with E-state index in [2.05, 4.69) is 26.8 Å². The minimum absolute atomic E-state index is 0.0733. The summed E-state index contributed by atoms with van der Waals surface area (Å²) in [5.74, 6) is -3.24. The van der Waals surface area contributed by atoms with Crippen molar-refractivity contribution in [2.75, 3.05) is 12.4 Å². The van der Waals surface area contributed by atoms with Crippen LogP contribution in [0.1, 0.15) is 66.4 Å². The highest BCUT2D eigenvalue weighted by molar-refractivity contribution is 6.06. The summed E-state index contributed by atoms with van der Waals surface area (Å²) >= 11 is 0. The van der Waals surface area contributed by atoms with Crippen molar-refractivity contribution >= 4 is 23.2 Å². The number of fused-ring (bicyclic) bond motifs is 3. The van der Waals surface area contributed by atoms with E-state index in [1.54, 1.807) is 6.07 Å². The Morgan fingerprint density at radius 1 is 1.09 bits per heavy atom. The van der Waals surface area contributed by atoms with E-state index in [0.29, 0.717) is 48.6 Å². The van der Waals surface area contributed by atoms with E-state index in [0.717, 1.165) is 37.3 Å². The molecule has 2 heterocycles. The number of nitrogens with one attached hydrogen (secondary N) is 2. The van der Waals surface area contributed by atoms with E-state index in [-0.39, 0.29) is 41.0 Å². The van der Waals surface area contributed by atoms with Crippen LogP contribution >= 0.6 is 0 Å². The molecule has 4 aliphatic carbocycles. The zero-order valence-electron chi connectivity index (χ0n) is 25.0. The number of hydrogen-bond donors (Lipinski definition) is 3. The second kappa shape index (κ2) is 11.7. The normalized spacial score (nSPS) is 30.9. The quantitative estimate of drug-likeness (QED) is 0.281. The number of anilines is 1. The molecule has 13 heteroatoms. The van der Waals surface area contributed by atoms with E-state index in [1.807, 2.05) is 0 Å². The number of halogens is 4. The number of oxime groups is 1. The summed E-state index contributed by atoms with van der Waals surface area (Å²) in [4.78, 5) is 37.7. The van der Waals surface area contributed by atoms with Gasteiger partial charge in [-0.2, -0.15) is 13.2 Å². The van der Waals surface area contributed by atoms with E-state index < -0.39 is 47.4 Å². The van der Waals surface area contributed by atoms with Crippen molar-refractivity contribution < 1.29 is 41.8 Å². The molecule has 2 bridgehead atoms. The lowest BCUT2D eigenvalue weighted by Gasteiger charge is -2.30. The monoisotopic (exact) mass is 642 g/mol. The van der Waals surface area contributed by atoms with E-state index in [1.165, 1.54) is 13.3 Å². The highest BCUT2D eigenvalue weighted by Gasteiger charge is 2.55. The van der Waals surface area contributed by atoms with Gasteiger partial charge in [-0.3, -0.25) is 9.59 Å². The Bertz CT molecular complexity index is 1620. The number of nitrogens with zero attached hydrogens (tertiary/aromatic N) is 2. The van der Waals surface area contributed by atoms with Gasteiger partial charge in [-0.05, 0) is 68.2 Å². The molecule has 2 amide bonds. The van der Waals surface area contributed by atoms with Crippen molar-refractivity contribution in [2.45, 2.75) is 69.4 Å². The zero-order valence-corrected chi connectivity index (χ0v) is 25.0. The van der Waals surface area contributed by atoms with Gasteiger partial charge in [0.05, 0.1) is 30.4 Å². The average Bonchev–Trinajstić information content (AvgIpc) is 3.74. The van der Waals surface area contributed by atoms with Crippen LogP contribution in [0.3, 0.4) is 0 Å².